The van der Waals surface area contributed by atoms with E-state index in [1.165, 1.54) is 11.3 Å². The van der Waals surface area contributed by atoms with E-state index in [0.717, 1.165) is 29.9 Å². The highest BCUT2D eigenvalue weighted by Gasteiger charge is 2.24. The lowest BCUT2D eigenvalue weighted by Crippen LogP contribution is -2.28. The maximum Gasteiger partial charge on any atom is 0.183 e. The van der Waals surface area contributed by atoms with Crippen LogP contribution in [0.5, 0.6) is 0 Å². The second-order valence-corrected chi connectivity index (χ2v) is 6.68. The summed E-state index contributed by atoms with van der Waals surface area (Å²) < 4.78 is 7.47. The molecule has 0 aliphatic carbocycles. The van der Waals surface area contributed by atoms with Gasteiger partial charge in [0.1, 0.15) is 0 Å². The Morgan fingerprint density at radius 3 is 2.79 bits per heavy atom. The Morgan fingerprint density at radius 1 is 1.29 bits per heavy atom. The predicted octanol–water partition coefficient (Wildman–Crippen LogP) is 3.56. The summed E-state index contributed by atoms with van der Waals surface area (Å²) in [6.45, 7) is 8.22. The van der Waals surface area contributed by atoms with Crippen molar-refractivity contribution in [3.05, 3.63) is 52.8 Å². The maximum atomic E-state index is 12.9. The number of hydrogen-bond acceptors (Lipinski definition) is 3. The summed E-state index contributed by atoms with van der Waals surface area (Å²) in [6, 6.07) is 10.6. The first-order valence-electron chi connectivity index (χ1n) is 8.56. The van der Waals surface area contributed by atoms with Crippen LogP contribution in [0.15, 0.2) is 30.3 Å². The van der Waals surface area contributed by atoms with Crippen molar-refractivity contribution >= 4 is 11.5 Å². The lowest BCUT2D eigenvalue weighted by molar-refractivity contribution is 0.0998. The molecule has 0 bridgehead atoms. The van der Waals surface area contributed by atoms with E-state index in [-0.39, 0.29) is 11.8 Å². The van der Waals surface area contributed by atoms with Crippen molar-refractivity contribution in [1.82, 2.24) is 4.57 Å². The van der Waals surface area contributed by atoms with Crippen molar-refractivity contribution in [2.45, 2.75) is 33.2 Å². The molecule has 0 fully saturated rings. The molecule has 0 saturated heterocycles. The minimum Gasteiger partial charge on any atom is -0.383 e. The Morgan fingerprint density at radius 2 is 2.04 bits per heavy atom. The van der Waals surface area contributed by atoms with Gasteiger partial charge in [0.15, 0.2) is 5.78 Å². The van der Waals surface area contributed by atoms with Gasteiger partial charge >= 0.3 is 0 Å². The zero-order valence-electron chi connectivity index (χ0n) is 15.0. The van der Waals surface area contributed by atoms with Gasteiger partial charge in [-0.3, -0.25) is 4.79 Å². The highest BCUT2D eigenvalue weighted by Crippen LogP contribution is 2.28. The van der Waals surface area contributed by atoms with Crippen molar-refractivity contribution < 1.29 is 9.53 Å². The fraction of sp³-hybridized carbons (Fsp3) is 0.450. The van der Waals surface area contributed by atoms with Gasteiger partial charge in [-0.25, -0.2) is 0 Å². The van der Waals surface area contributed by atoms with Crippen LogP contribution >= 0.6 is 0 Å². The smallest absolute Gasteiger partial charge is 0.183 e. The number of ketones is 1. The lowest BCUT2D eigenvalue weighted by atomic mass is 10.1. The van der Waals surface area contributed by atoms with Crippen LogP contribution in [0.4, 0.5) is 5.69 Å². The minimum atomic E-state index is 0.190. The molecule has 0 spiro atoms. The molecule has 2 heterocycles. The Balaban J connectivity index is 1.80. The molecule has 3 rings (SSSR count). The maximum absolute atomic E-state index is 12.9. The largest absolute Gasteiger partial charge is 0.383 e. The number of para-hydroxylation sites is 1. The summed E-state index contributed by atoms with van der Waals surface area (Å²) in [6.07, 6.45) is 1.02. The highest BCUT2D eigenvalue weighted by molar-refractivity contribution is 6.00. The number of carbonyl (C=O) groups excluding carboxylic acids is 1. The number of methoxy groups -OCH3 is 1. The Bertz CT molecular complexity index is 748. The van der Waals surface area contributed by atoms with E-state index >= 15 is 0 Å². The Kier molecular flexibility index (Phi) is 4.76. The number of Topliss-reactive ketones (excluding diaryl/α,β-unsaturated/α-hetero) is 1. The van der Waals surface area contributed by atoms with Gasteiger partial charge in [0.05, 0.1) is 19.2 Å². The standard InChI is InChI=1S/C20H26N2O2/c1-14-11-18(16(3)22(14)15(2)13-24-4)20(23)12-21-10-9-17-7-5-6-8-19(17)21/h5-8,11,15H,9-10,12-13H2,1-4H3/t15-/m1/s1. The molecule has 0 amide bonds. The second-order valence-electron chi connectivity index (χ2n) is 6.68. The monoisotopic (exact) mass is 326 g/mol. The molecular weight excluding hydrogens is 300 g/mol. The van der Waals surface area contributed by atoms with E-state index in [2.05, 4.69) is 41.5 Å². The average Bonchev–Trinajstić information content (AvgIpc) is 3.09. The van der Waals surface area contributed by atoms with Crippen molar-refractivity contribution in [2.75, 3.05) is 31.7 Å². The zero-order chi connectivity index (χ0) is 17.3. The van der Waals surface area contributed by atoms with E-state index in [1.807, 2.05) is 19.1 Å². The number of carbonyl (C=O) groups is 1. The molecule has 1 aromatic heterocycles. The molecule has 4 heteroatoms. The van der Waals surface area contributed by atoms with E-state index in [0.29, 0.717) is 13.2 Å². The fourth-order valence-electron chi connectivity index (χ4n) is 3.88. The minimum absolute atomic E-state index is 0.190. The highest BCUT2D eigenvalue weighted by atomic mass is 16.5. The average molecular weight is 326 g/mol. The summed E-state index contributed by atoms with van der Waals surface area (Å²) in [5, 5.41) is 0. The summed E-state index contributed by atoms with van der Waals surface area (Å²) >= 11 is 0. The van der Waals surface area contributed by atoms with Crippen LogP contribution in [0.2, 0.25) is 0 Å². The Hall–Kier alpha value is -2.07. The number of hydrogen-bond donors (Lipinski definition) is 0. The topological polar surface area (TPSA) is 34.5 Å². The van der Waals surface area contributed by atoms with Crippen LogP contribution in [0, 0.1) is 13.8 Å². The summed E-state index contributed by atoms with van der Waals surface area (Å²) in [5.41, 5.74) is 5.52. The molecule has 0 radical (unpaired) electrons. The van der Waals surface area contributed by atoms with Crippen LogP contribution in [0.1, 0.15) is 40.3 Å². The number of rotatable bonds is 6. The lowest BCUT2D eigenvalue weighted by Gasteiger charge is -2.19. The number of fused-ring (bicyclic) bond motifs is 1. The van der Waals surface area contributed by atoms with Crippen molar-refractivity contribution in [2.24, 2.45) is 0 Å². The third-order valence-corrected chi connectivity index (χ3v) is 4.95. The number of ether oxygens (including phenoxy) is 1. The van der Waals surface area contributed by atoms with Crippen LogP contribution in [0.25, 0.3) is 0 Å². The first kappa shape index (κ1) is 16.8. The Labute approximate surface area is 144 Å². The fourth-order valence-corrected chi connectivity index (χ4v) is 3.88. The van der Waals surface area contributed by atoms with Gasteiger partial charge in [-0.2, -0.15) is 0 Å². The zero-order valence-corrected chi connectivity index (χ0v) is 15.0. The van der Waals surface area contributed by atoms with Crippen LogP contribution in [-0.4, -0.2) is 37.2 Å². The van der Waals surface area contributed by atoms with Crippen molar-refractivity contribution in [3.8, 4) is 0 Å². The van der Waals surface area contributed by atoms with Gasteiger partial charge in [-0.15, -0.1) is 0 Å². The molecule has 128 valence electrons. The van der Waals surface area contributed by atoms with E-state index < -0.39 is 0 Å². The molecule has 24 heavy (non-hydrogen) atoms. The SMILES string of the molecule is COC[C@@H](C)n1c(C)cc(C(=O)CN2CCc3ccccc32)c1C. The molecule has 4 nitrogen and oxygen atoms in total. The van der Waals surface area contributed by atoms with Gasteiger partial charge in [0, 0.05) is 36.3 Å². The van der Waals surface area contributed by atoms with Gasteiger partial charge < -0.3 is 14.2 Å². The third kappa shape index (κ3) is 2.98. The summed E-state index contributed by atoms with van der Waals surface area (Å²) in [7, 11) is 1.71. The number of aromatic nitrogens is 1. The third-order valence-electron chi connectivity index (χ3n) is 4.95. The molecule has 2 aromatic rings. The normalized spacial score (nSPS) is 14.8. The molecule has 1 aromatic carbocycles. The first-order chi connectivity index (χ1) is 11.5. The number of nitrogens with zero attached hydrogens (tertiary/aromatic N) is 2. The summed E-state index contributed by atoms with van der Waals surface area (Å²) in [5.74, 6) is 0.190. The van der Waals surface area contributed by atoms with E-state index in [9.17, 15) is 4.79 Å². The first-order valence-corrected chi connectivity index (χ1v) is 8.56. The van der Waals surface area contributed by atoms with Gasteiger partial charge in [-0.05, 0) is 44.9 Å². The van der Waals surface area contributed by atoms with Gasteiger partial charge in [0.25, 0.3) is 0 Å². The van der Waals surface area contributed by atoms with E-state index in [1.54, 1.807) is 7.11 Å². The molecule has 0 N–H and O–H groups in total. The van der Waals surface area contributed by atoms with Crippen LogP contribution in [-0.2, 0) is 11.2 Å². The van der Waals surface area contributed by atoms with Crippen LogP contribution in [0.3, 0.4) is 0 Å². The van der Waals surface area contributed by atoms with Crippen molar-refractivity contribution in [3.63, 3.8) is 0 Å². The van der Waals surface area contributed by atoms with Crippen molar-refractivity contribution in [1.29, 1.82) is 0 Å². The number of aryl methyl sites for hydroxylation is 1. The van der Waals surface area contributed by atoms with E-state index in [4.69, 9.17) is 4.74 Å². The molecule has 1 atom stereocenters. The predicted molar refractivity (Wildman–Crippen MR) is 97.2 cm³/mol. The molecule has 1 aliphatic rings. The van der Waals surface area contributed by atoms with Crippen LogP contribution < -0.4 is 4.90 Å². The molecular formula is C20H26N2O2. The summed E-state index contributed by atoms with van der Waals surface area (Å²) in [4.78, 5) is 15.1. The number of anilines is 1. The molecule has 0 unspecified atom stereocenters. The van der Waals surface area contributed by atoms with Gasteiger partial charge in [-0.1, -0.05) is 18.2 Å². The number of benzene rings is 1. The second kappa shape index (κ2) is 6.81. The van der Waals surface area contributed by atoms with Gasteiger partial charge in [0.2, 0.25) is 0 Å². The molecule has 1 aliphatic heterocycles. The molecule has 0 saturated carbocycles. The quantitative estimate of drug-likeness (QED) is 0.761.